The number of benzene rings is 1. The molecular formula is C9H6N+. The standard InChI is InChI=1S/C9H5N/c1-2-6-9-8(4-1)5-3-7-10-9/h1-3,6-7H/p+1. The molecule has 1 heteroatoms. The van der Waals surface area contributed by atoms with Crippen molar-refractivity contribution in [1.29, 1.82) is 0 Å². The highest BCUT2D eigenvalue weighted by molar-refractivity contribution is 5.69. The summed E-state index contributed by atoms with van der Waals surface area (Å²) in [7, 11) is 0. The first kappa shape index (κ1) is 5.33. The fourth-order valence-corrected chi connectivity index (χ4v) is 0.933. The predicted octanol–water partition coefficient (Wildman–Crippen LogP) is -0.00922. The Kier molecular flexibility index (Phi) is 1.09. The van der Waals surface area contributed by atoms with E-state index in [9.17, 15) is 0 Å². The third kappa shape index (κ3) is 0.734. The second kappa shape index (κ2) is 2.05. The molecule has 0 radical (unpaired) electrons. The zero-order valence-electron chi connectivity index (χ0n) is 5.39. The lowest BCUT2D eigenvalue weighted by Gasteiger charge is -1.93. The summed E-state index contributed by atoms with van der Waals surface area (Å²) in [5, 5.41) is 0. The maximum atomic E-state index is 3.09. The van der Waals surface area contributed by atoms with Gasteiger partial charge < -0.3 is 0 Å². The number of rotatable bonds is 0. The van der Waals surface area contributed by atoms with Gasteiger partial charge in [0.05, 0.1) is 5.56 Å². The van der Waals surface area contributed by atoms with E-state index in [0.717, 1.165) is 11.3 Å². The molecule has 1 N–H and O–H groups in total. The molecule has 0 fully saturated rings. The number of fused-ring (bicyclic) bond motifs is 1. The SMILES string of the molecule is [C+]1=CC=[NH+]c2ccc[c-]c21. The summed E-state index contributed by atoms with van der Waals surface area (Å²) in [5.74, 6) is 0. The molecule has 1 aliphatic rings. The molecule has 46 valence electrons. The molecule has 0 aromatic heterocycles. The average Bonchev–Trinajstić information content (AvgIpc) is 2.05. The first-order valence-electron chi connectivity index (χ1n) is 3.15. The average molecular weight is 128 g/mol. The molecule has 1 nitrogen and oxygen atoms in total. The molecule has 1 heterocycles. The van der Waals surface area contributed by atoms with Gasteiger partial charge in [-0.05, 0) is 0 Å². The van der Waals surface area contributed by atoms with Crippen LogP contribution in [0, 0.1) is 12.1 Å². The second-order valence-corrected chi connectivity index (χ2v) is 2.08. The smallest absolute Gasteiger partial charge is 0.210 e. The van der Waals surface area contributed by atoms with E-state index in [1.165, 1.54) is 0 Å². The minimum absolute atomic E-state index is 1.00. The molecule has 0 bridgehead atoms. The zero-order chi connectivity index (χ0) is 6.81. The molecule has 0 aliphatic carbocycles. The van der Waals surface area contributed by atoms with Crippen molar-refractivity contribution in [1.82, 2.24) is 0 Å². The Morgan fingerprint density at radius 3 is 3.40 bits per heavy atom. The molecule has 0 saturated carbocycles. The normalized spacial score (nSPS) is 12.4. The van der Waals surface area contributed by atoms with E-state index in [2.05, 4.69) is 17.1 Å². The zero-order valence-corrected chi connectivity index (χ0v) is 5.39. The monoisotopic (exact) mass is 128 g/mol. The van der Waals surface area contributed by atoms with Crippen LogP contribution < -0.4 is 4.99 Å². The van der Waals surface area contributed by atoms with Gasteiger partial charge in [-0.15, -0.1) is 0 Å². The Balaban J connectivity index is 2.65. The summed E-state index contributed by atoms with van der Waals surface area (Å²) in [4.78, 5) is 3.09. The lowest BCUT2D eigenvalue weighted by molar-refractivity contribution is -0.347. The molecule has 1 aromatic rings. The van der Waals surface area contributed by atoms with Crippen LogP contribution in [0.4, 0.5) is 5.69 Å². The third-order valence-corrected chi connectivity index (χ3v) is 1.41. The van der Waals surface area contributed by atoms with Gasteiger partial charge in [0.1, 0.15) is 0 Å². The molecule has 0 spiro atoms. The summed E-state index contributed by atoms with van der Waals surface area (Å²) in [6.45, 7) is 0. The Bertz CT molecular complexity index is 266. The van der Waals surface area contributed by atoms with E-state index in [1.807, 2.05) is 30.5 Å². The summed E-state index contributed by atoms with van der Waals surface area (Å²) in [5.41, 5.74) is 2.08. The maximum Gasteiger partial charge on any atom is 0.219 e. The Labute approximate surface area is 59.7 Å². The second-order valence-electron chi connectivity index (χ2n) is 2.08. The van der Waals surface area contributed by atoms with Gasteiger partial charge in [0, 0.05) is 18.2 Å². The van der Waals surface area contributed by atoms with Gasteiger partial charge in [0.15, 0.2) is 6.21 Å². The van der Waals surface area contributed by atoms with Crippen LogP contribution in [0.5, 0.6) is 0 Å². The van der Waals surface area contributed by atoms with Gasteiger partial charge in [0.2, 0.25) is 5.69 Å². The molecular weight excluding hydrogens is 122 g/mol. The number of allylic oxidation sites excluding steroid dienone is 1. The van der Waals surface area contributed by atoms with Crippen LogP contribution in [0.2, 0.25) is 0 Å². The van der Waals surface area contributed by atoms with Gasteiger partial charge in [0.25, 0.3) is 0 Å². The fourth-order valence-electron chi connectivity index (χ4n) is 0.933. The van der Waals surface area contributed by atoms with Crippen LogP contribution in [0.3, 0.4) is 0 Å². The van der Waals surface area contributed by atoms with Crippen LogP contribution in [-0.4, -0.2) is 6.21 Å². The first-order valence-corrected chi connectivity index (χ1v) is 3.15. The minimum atomic E-state index is 1.00. The Morgan fingerprint density at radius 2 is 2.50 bits per heavy atom. The van der Waals surface area contributed by atoms with E-state index >= 15 is 0 Å². The van der Waals surface area contributed by atoms with Crippen LogP contribution >= 0.6 is 0 Å². The summed E-state index contributed by atoms with van der Waals surface area (Å²) < 4.78 is 0. The highest BCUT2D eigenvalue weighted by Gasteiger charge is 2.04. The summed E-state index contributed by atoms with van der Waals surface area (Å²) in [6.07, 6.45) is 6.77. The van der Waals surface area contributed by atoms with Crippen molar-refractivity contribution in [3.63, 3.8) is 0 Å². The Hall–Kier alpha value is -1.46. The van der Waals surface area contributed by atoms with E-state index < -0.39 is 0 Å². The highest BCUT2D eigenvalue weighted by atomic mass is 14.7. The molecule has 0 amide bonds. The molecule has 1 aromatic carbocycles. The Morgan fingerprint density at radius 1 is 1.50 bits per heavy atom. The van der Waals surface area contributed by atoms with Gasteiger partial charge >= 0.3 is 0 Å². The van der Waals surface area contributed by atoms with E-state index in [1.54, 1.807) is 0 Å². The number of hydrogen-bond donors (Lipinski definition) is 1. The fraction of sp³-hybridized carbons (Fsp3) is 0. The van der Waals surface area contributed by atoms with Crippen molar-refractivity contribution in [3.05, 3.63) is 42.0 Å². The van der Waals surface area contributed by atoms with E-state index in [-0.39, 0.29) is 0 Å². The molecule has 10 heavy (non-hydrogen) atoms. The predicted molar refractivity (Wildman–Crippen MR) is 38.9 cm³/mol. The number of hydrogen-bond acceptors (Lipinski definition) is 0. The lowest BCUT2D eigenvalue weighted by atomic mass is 10.1. The summed E-state index contributed by atoms with van der Waals surface area (Å²) >= 11 is 0. The maximum absolute atomic E-state index is 3.09. The topological polar surface area (TPSA) is 14.0 Å². The van der Waals surface area contributed by atoms with Gasteiger partial charge in [-0.1, -0.05) is 18.2 Å². The molecule has 0 atom stereocenters. The van der Waals surface area contributed by atoms with Gasteiger partial charge in [-0.25, -0.2) is 4.99 Å². The molecule has 2 rings (SSSR count). The number of nitrogens with one attached hydrogen (secondary N) is 1. The van der Waals surface area contributed by atoms with Crippen molar-refractivity contribution in [3.8, 4) is 0 Å². The van der Waals surface area contributed by atoms with Gasteiger partial charge in [-0.3, -0.25) is 0 Å². The first-order chi connectivity index (χ1) is 4.97. The van der Waals surface area contributed by atoms with Crippen LogP contribution in [0.25, 0.3) is 0 Å². The highest BCUT2D eigenvalue weighted by Crippen LogP contribution is 2.08. The van der Waals surface area contributed by atoms with E-state index in [4.69, 9.17) is 0 Å². The van der Waals surface area contributed by atoms with Crippen molar-refractivity contribution in [2.75, 3.05) is 0 Å². The lowest BCUT2D eigenvalue weighted by Crippen LogP contribution is -2.62. The summed E-state index contributed by atoms with van der Waals surface area (Å²) in [6, 6.07) is 8.90. The van der Waals surface area contributed by atoms with Crippen molar-refractivity contribution in [2.45, 2.75) is 0 Å². The van der Waals surface area contributed by atoms with Crippen LogP contribution in [-0.2, 0) is 0 Å². The minimum Gasteiger partial charge on any atom is -0.210 e. The van der Waals surface area contributed by atoms with Gasteiger partial charge in [-0.2, -0.15) is 0 Å². The molecule has 0 saturated heterocycles. The van der Waals surface area contributed by atoms with Crippen LogP contribution in [0.1, 0.15) is 5.56 Å². The van der Waals surface area contributed by atoms with Crippen molar-refractivity contribution in [2.24, 2.45) is 0 Å². The quantitative estimate of drug-likeness (QED) is 0.472. The molecule has 1 aliphatic heterocycles. The molecule has 0 unspecified atom stereocenters. The van der Waals surface area contributed by atoms with Crippen molar-refractivity contribution < 1.29 is 4.99 Å². The largest absolute Gasteiger partial charge is 0.219 e. The van der Waals surface area contributed by atoms with Crippen LogP contribution in [0.15, 0.2) is 24.3 Å². The van der Waals surface area contributed by atoms with Crippen molar-refractivity contribution >= 4 is 11.9 Å². The van der Waals surface area contributed by atoms with E-state index in [0.29, 0.717) is 0 Å². The third-order valence-electron chi connectivity index (χ3n) is 1.41.